The molecule has 0 spiro atoms. The topological polar surface area (TPSA) is 55.4 Å². The van der Waals surface area contributed by atoms with Gasteiger partial charge in [-0.3, -0.25) is 9.59 Å². The molecule has 0 aliphatic rings. The molecule has 0 unspecified atom stereocenters. The number of ether oxygens (including phenoxy) is 1. The van der Waals surface area contributed by atoms with Gasteiger partial charge in [-0.15, -0.1) is 6.42 Å². The van der Waals surface area contributed by atoms with Crippen LogP contribution in [0.1, 0.15) is 30.1 Å². The fraction of sp³-hybridized carbons (Fsp3) is 0.333. The number of rotatable bonds is 7. The summed E-state index contributed by atoms with van der Waals surface area (Å²) in [5, 5.41) is 2.52. The van der Waals surface area contributed by atoms with E-state index in [9.17, 15) is 9.59 Å². The molecule has 100 valence electrons. The predicted molar refractivity (Wildman–Crippen MR) is 73.0 cm³/mol. The summed E-state index contributed by atoms with van der Waals surface area (Å²) in [6, 6.07) is 6.89. The maximum absolute atomic E-state index is 11.8. The number of benzene rings is 1. The molecule has 0 radical (unpaired) electrons. The Morgan fingerprint density at radius 1 is 1.26 bits per heavy atom. The van der Waals surface area contributed by atoms with Crippen molar-refractivity contribution in [2.24, 2.45) is 0 Å². The van der Waals surface area contributed by atoms with Crippen LogP contribution in [0.15, 0.2) is 24.3 Å². The number of amides is 1. The lowest BCUT2D eigenvalue weighted by atomic mass is 10.1. The molecule has 4 heteroatoms. The second-order valence-electron chi connectivity index (χ2n) is 3.86. The van der Waals surface area contributed by atoms with Crippen LogP contribution in [0.4, 0.5) is 0 Å². The average Bonchev–Trinajstić information content (AvgIpc) is 2.43. The van der Waals surface area contributed by atoms with Gasteiger partial charge in [-0.05, 0) is 31.2 Å². The van der Waals surface area contributed by atoms with Crippen molar-refractivity contribution in [3.8, 4) is 18.1 Å². The van der Waals surface area contributed by atoms with E-state index in [0.29, 0.717) is 12.2 Å². The van der Waals surface area contributed by atoms with Crippen molar-refractivity contribution in [2.45, 2.75) is 19.8 Å². The zero-order valence-electron chi connectivity index (χ0n) is 10.9. The second-order valence-corrected chi connectivity index (χ2v) is 3.86. The van der Waals surface area contributed by atoms with Crippen LogP contribution in [0.25, 0.3) is 0 Å². The van der Waals surface area contributed by atoms with Crippen molar-refractivity contribution in [1.82, 2.24) is 5.32 Å². The van der Waals surface area contributed by atoms with Gasteiger partial charge in [0, 0.05) is 18.4 Å². The maximum Gasteiger partial charge on any atom is 0.221 e. The van der Waals surface area contributed by atoms with Gasteiger partial charge in [-0.25, -0.2) is 0 Å². The summed E-state index contributed by atoms with van der Waals surface area (Å²) in [4.78, 5) is 23.1. The van der Waals surface area contributed by atoms with Crippen molar-refractivity contribution in [3.05, 3.63) is 29.8 Å². The van der Waals surface area contributed by atoms with Gasteiger partial charge >= 0.3 is 0 Å². The van der Waals surface area contributed by atoms with E-state index < -0.39 is 0 Å². The number of carbonyl (C=O) groups is 2. The summed E-state index contributed by atoms with van der Waals surface area (Å²) in [6.45, 7) is 2.67. The highest BCUT2D eigenvalue weighted by molar-refractivity contribution is 5.98. The molecule has 1 amide bonds. The average molecular weight is 259 g/mol. The molecule has 1 N–H and O–H groups in total. The van der Waals surface area contributed by atoms with Gasteiger partial charge in [-0.1, -0.05) is 5.92 Å². The summed E-state index contributed by atoms with van der Waals surface area (Å²) in [6.07, 6.45) is 5.34. The molecule has 0 aliphatic carbocycles. The van der Waals surface area contributed by atoms with E-state index in [1.54, 1.807) is 24.3 Å². The van der Waals surface area contributed by atoms with E-state index in [1.165, 1.54) is 0 Å². The maximum atomic E-state index is 11.8. The lowest BCUT2D eigenvalue weighted by Gasteiger charge is -2.04. The molecule has 4 nitrogen and oxygen atoms in total. The van der Waals surface area contributed by atoms with Crippen LogP contribution in [0.3, 0.4) is 0 Å². The summed E-state index contributed by atoms with van der Waals surface area (Å²) in [5.41, 5.74) is 0.577. The summed E-state index contributed by atoms with van der Waals surface area (Å²) in [7, 11) is 0. The molecular weight excluding hydrogens is 242 g/mol. The Hall–Kier alpha value is -2.28. The van der Waals surface area contributed by atoms with Crippen molar-refractivity contribution in [2.75, 3.05) is 13.2 Å². The van der Waals surface area contributed by atoms with E-state index in [0.717, 1.165) is 5.75 Å². The van der Waals surface area contributed by atoms with Crippen LogP contribution in [-0.2, 0) is 4.79 Å². The largest absolute Gasteiger partial charge is 0.494 e. The van der Waals surface area contributed by atoms with Crippen molar-refractivity contribution in [1.29, 1.82) is 0 Å². The van der Waals surface area contributed by atoms with E-state index >= 15 is 0 Å². The molecule has 0 saturated heterocycles. The van der Waals surface area contributed by atoms with Crippen LogP contribution >= 0.6 is 0 Å². The highest BCUT2D eigenvalue weighted by atomic mass is 16.5. The predicted octanol–water partition coefficient (Wildman–Crippen LogP) is 1.80. The highest BCUT2D eigenvalue weighted by Gasteiger charge is 2.09. The first kappa shape index (κ1) is 14.8. The van der Waals surface area contributed by atoms with Gasteiger partial charge in [0.05, 0.1) is 13.2 Å². The van der Waals surface area contributed by atoms with Crippen LogP contribution in [0.2, 0.25) is 0 Å². The Balaban J connectivity index is 2.45. The zero-order valence-corrected chi connectivity index (χ0v) is 10.9. The third-order valence-corrected chi connectivity index (χ3v) is 2.45. The van der Waals surface area contributed by atoms with Gasteiger partial charge in [0.25, 0.3) is 0 Å². The Labute approximate surface area is 113 Å². The molecule has 0 heterocycles. The van der Waals surface area contributed by atoms with E-state index in [-0.39, 0.29) is 31.1 Å². The third kappa shape index (κ3) is 5.26. The van der Waals surface area contributed by atoms with Crippen LogP contribution in [0, 0.1) is 12.3 Å². The molecule has 0 atom stereocenters. The Bertz CT molecular complexity index is 471. The van der Waals surface area contributed by atoms with Gasteiger partial charge in [-0.2, -0.15) is 0 Å². The molecule has 1 rings (SSSR count). The van der Waals surface area contributed by atoms with Crippen molar-refractivity contribution < 1.29 is 14.3 Å². The van der Waals surface area contributed by atoms with E-state index in [4.69, 9.17) is 11.2 Å². The number of ketones is 1. The van der Waals surface area contributed by atoms with Gasteiger partial charge in [0.2, 0.25) is 5.91 Å². The summed E-state index contributed by atoms with van der Waals surface area (Å²) < 4.78 is 5.29. The van der Waals surface area contributed by atoms with Crippen LogP contribution in [-0.4, -0.2) is 24.8 Å². The van der Waals surface area contributed by atoms with Crippen molar-refractivity contribution in [3.63, 3.8) is 0 Å². The third-order valence-electron chi connectivity index (χ3n) is 2.45. The van der Waals surface area contributed by atoms with Gasteiger partial charge in [0.15, 0.2) is 5.78 Å². The number of nitrogens with one attached hydrogen (secondary N) is 1. The Kier molecular flexibility index (Phi) is 6.17. The standard InChI is InChI=1S/C15H17NO3/c1-3-11-16-15(18)10-9-14(17)12-5-7-13(8-6-12)19-4-2/h1,5-8H,4,9-11H2,2H3,(H,16,18). The first-order chi connectivity index (χ1) is 9.17. The minimum atomic E-state index is -0.211. The normalized spacial score (nSPS) is 9.47. The fourth-order valence-corrected chi connectivity index (χ4v) is 1.51. The molecule has 1 aromatic carbocycles. The Morgan fingerprint density at radius 3 is 2.53 bits per heavy atom. The lowest BCUT2D eigenvalue weighted by Crippen LogP contribution is -2.23. The number of hydrogen-bond acceptors (Lipinski definition) is 3. The smallest absolute Gasteiger partial charge is 0.221 e. The van der Waals surface area contributed by atoms with Crippen LogP contribution < -0.4 is 10.1 Å². The lowest BCUT2D eigenvalue weighted by molar-refractivity contribution is -0.120. The number of carbonyl (C=O) groups excluding carboxylic acids is 2. The zero-order chi connectivity index (χ0) is 14.1. The van der Waals surface area contributed by atoms with Crippen LogP contribution in [0.5, 0.6) is 5.75 Å². The monoisotopic (exact) mass is 259 g/mol. The van der Waals surface area contributed by atoms with Gasteiger partial charge < -0.3 is 10.1 Å². The Morgan fingerprint density at radius 2 is 1.95 bits per heavy atom. The fourth-order valence-electron chi connectivity index (χ4n) is 1.51. The van der Waals surface area contributed by atoms with Crippen molar-refractivity contribution >= 4 is 11.7 Å². The first-order valence-electron chi connectivity index (χ1n) is 6.13. The number of Topliss-reactive ketones (excluding diaryl/α,β-unsaturated/α-hetero) is 1. The molecule has 0 aliphatic heterocycles. The molecule has 1 aromatic rings. The number of terminal acetylenes is 1. The number of hydrogen-bond donors (Lipinski definition) is 1. The molecule has 19 heavy (non-hydrogen) atoms. The van der Waals surface area contributed by atoms with E-state index in [2.05, 4.69) is 11.2 Å². The minimum Gasteiger partial charge on any atom is -0.494 e. The molecule has 0 saturated carbocycles. The first-order valence-corrected chi connectivity index (χ1v) is 6.13. The molecule has 0 fully saturated rings. The second kappa shape index (κ2) is 7.93. The molecular formula is C15H17NO3. The van der Waals surface area contributed by atoms with Gasteiger partial charge in [0.1, 0.15) is 5.75 Å². The summed E-state index contributed by atoms with van der Waals surface area (Å²) in [5.74, 6) is 2.75. The minimum absolute atomic E-state index is 0.0705. The molecule has 0 aromatic heterocycles. The highest BCUT2D eigenvalue weighted by Crippen LogP contribution is 2.13. The quantitative estimate of drug-likeness (QED) is 0.600. The molecule has 0 bridgehead atoms. The SMILES string of the molecule is C#CCNC(=O)CCC(=O)c1ccc(OCC)cc1. The summed E-state index contributed by atoms with van der Waals surface area (Å²) >= 11 is 0. The van der Waals surface area contributed by atoms with E-state index in [1.807, 2.05) is 6.92 Å².